The first-order chi connectivity index (χ1) is 4.90. The normalized spacial score (nSPS) is 12.9. The minimum atomic E-state index is 0.509. The highest BCUT2D eigenvalue weighted by atomic mass is 14.2. The first-order valence-electron chi connectivity index (χ1n) is 4.47. The van der Waals surface area contributed by atoms with Crippen LogP contribution >= 0.6 is 0 Å². The molecule has 11 heavy (non-hydrogen) atoms. The molecule has 1 atom stereocenters. The molecule has 0 N–H and O–H groups in total. The molecule has 68 valence electrons. The van der Waals surface area contributed by atoms with Crippen molar-refractivity contribution in [3.63, 3.8) is 0 Å². The highest BCUT2D eigenvalue weighted by Crippen LogP contribution is 2.27. The maximum absolute atomic E-state index is 3.36. The Morgan fingerprint density at radius 2 is 1.64 bits per heavy atom. The molecule has 0 aromatic rings. The molecule has 1 unspecified atom stereocenters. The van der Waals surface area contributed by atoms with E-state index in [1.54, 1.807) is 6.08 Å². The van der Waals surface area contributed by atoms with Crippen LogP contribution in [0.15, 0.2) is 12.7 Å². The maximum Gasteiger partial charge on any atom is -0.0357 e. The van der Waals surface area contributed by atoms with Crippen LogP contribution in [0.1, 0.15) is 48.0 Å². The molecule has 0 spiro atoms. The van der Waals surface area contributed by atoms with E-state index in [-0.39, 0.29) is 0 Å². The lowest BCUT2D eigenvalue weighted by atomic mass is 9.81. The zero-order chi connectivity index (χ0) is 9.49. The van der Waals surface area contributed by atoms with Gasteiger partial charge in [0.1, 0.15) is 0 Å². The van der Waals surface area contributed by atoms with Crippen LogP contribution in [0.3, 0.4) is 0 Å². The largest absolute Gasteiger partial charge is 0.103 e. The van der Waals surface area contributed by atoms with Gasteiger partial charge in [-0.1, -0.05) is 47.1 Å². The van der Waals surface area contributed by atoms with E-state index in [1.165, 1.54) is 6.42 Å². The summed E-state index contributed by atoms with van der Waals surface area (Å²) in [7, 11) is 0. The third-order valence-corrected chi connectivity index (χ3v) is 2.09. The van der Waals surface area contributed by atoms with Crippen molar-refractivity contribution >= 4 is 0 Å². The van der Waals surface area contributed by atoms with Crippen LogP contribution in [0.2, 0.25) is 0 Å². The predicted molar refractivity (Wildman–Crippen MR) is 54.8 cm³/mol. The molecule has 0 saturated heterocycles. The van der Waals surface area contributed by atoms with Crippen LogP contribution in [0.25, 0.3) is 0 Å². The number of hydrogen-bond donors (Lipinski definition) is 0. The van der Waals surface area contributed by atoms with Gasteiger partial charge in [0.15, 0.2) is 0 Å². The van der Waals surface area contributed by atoms with Gasteiger partial charge in [-0.3, -0.25) is 0 Å². The summed E-state index contributed by atoms with van der Waals surface area (Å²) >= 11 is 0. The van der Waals surface area contributed by atoms with Crippen molar-refractivity contribution in [2.75, 3.05) is 0 Å². The Morgan fingerprint density at radius 3 is 1.64 bits per heavy atom. The SMILES string of the molecule is C=CC.CCC(C)C(C)(C)C. The van der Waals surface area contributed by atoms with Crippen molar-refractivity contribution in [3.8, 4) is 0 Å². The van der Waals surface area contributed by atoms with Gasteiger partial charge in [0.2, 0.25) is 0 Å². The molecule has 0 aliphatic rings. The monoisotopic (exact) mass is 156 g/mol. The van der Waals surface area contributed by atoms with Crippen LogP contribution in [0.4, 0.5) is 0 Å². The van der Waals surface area contributed by atoms with Gasteiger partial charge in [-0.2, -0.15) is 0 Å². The van der Waals surface area contributed by atoms with Crippen molar-refractivity contribution in [3.05, 3.63) is 12.7 Å². The van der Waals surface area contributed by atoms with Gasteiger partial charge in [-0.05, 0) is 18.3 Å². The van der Waals surface area contributed by atoms with Gasteiger partial charge in [-0.15, -0.1) is 6.58 Å². The molecule has 0 aromatic carbocycles. The highest BCUT2D eigenvalue weighted by molar-refractivity contribution is 4.67. The third kappa shape index (κ3) is 9.74. The van der Waals surface area contributed by atoms with E-state index < -0.39 is 0 Å². The van der Waals surface area contributed by atoms with Gasteiger partial charge < -0.3 is 0 Å². The molecule has 0 heterocycles. The second-order valence-corrected chi connectivity index (χ2v) is 4.08. The average molecular weight is 156 g/mol. The molecule has 0 amide bonds. The minimum absolute atomic E-state index is 0.509. The Kier molecular flexibility index (Phi) is 7.82. The smallest absolute Gasteiger partial charge is 0.0357 e. The van der Waals surface area contributed by atoms with Crippen LogP contribution < -0.4 is 0 Å². The summed E-state index contributed by atoms with van der Waals surface area (Å²) < 4.78 is 0. The summed E-state index contributed by atoms with van der Waals surface area (Å²) in [6.45, 7) is 16.7. The summed E-state index contributed by atoms with van der Waals surface area (Å²) in [5, 5.41) is 0. The number of rotatable bonds is 1. The van der Waals surface area contributed by atoms with Crippen molar-refractivity contribution in [1.82, 2.24) is 0 Å². The molecule has 0 aromatic heterocycles. The van der Waals surface area contributed by atoms with Crippen molar-refractivity contribution in [1.29, 1.82) is 0 Å². The van der Waals surface area contributed by atoms with E-state index in [9.17, 15) is 0 Å². The lowest BCUT2D eigenvalue weighted by Crippen LogP contribution is -2.15. The first-order valence-corrected chi connectivity index (χ1v) is 4.47. The fourth-order valence-corrected chi connectivity index (χ4v) is 0.612. The zero-order valence-electron chi connectivity index (χ0n) is 9.07. The van der Waals surface area contributed by atoms with Gasteiger partial charge in [0.05, 0.1) is 0 Å². The van der Waals surface area contributed by atoms with Crippen molar-refractivity contribution in [2.24, 2.45) is 11.3 Å². The summed E-state index contributed by atoms with van der Waals surface area (Å²) in [6.07, 6.45) is 3.05. The van der Waals surface area contributed by atoms with Crippen molar-refractivity contribution in [2.45, 2.75) is 48.0 Å². The number of allylic oxidation sites excluding steroid dienone is 1. The van der Waals surface area contributed by atoms with Gasteiger partial charge in [0.25, 0.3) is 0 Å². The summed E-state index contributed by atoms with van der Waals surface area (Å²) in [5.41, 5.74) is 0.509. The molecular formula is C11H24. The van der Waals surface area contributed by atoms with Gasteiger partial charge >= 0.3 is 0 Å². The molecule has 0 aliphatic carbocycles. The second kappa shape index (κ2) is 6.45. The van der Waals surface area contributed by atoms with Gasteiger partial charge in [-0.25, -0.2) is 0 Å². The fraction of sp³-hybridized carbons (Fsp3) is 0.818. The lowest BCUT2D eigenvalue weighted by molar-refractivity contribution is 0.254. The van der Waals surface area contributed by atoms with Gasteiger partial charge in [0, 0.05) is 0 Å². The summed E-state index contributed by atoms with van der Waals surface area (Å²) in [6, 6.07) is 0. The van der Waals surface area contributed by atoms with Crippen LogP contribution in [-0.4, -0.2) is 0 Å². The predicted octanol–water partition coefficient (Wildman–Crippen LogP) is 4.27. The molecule has 0 bridgehead atoms. The minimum Gasteiger partial charge on any atom is -0.103 e. The summed E-state index contributed by atoms with van der Waals surface area (Å²) in [4.78, 5) is 0. The molecule has 0 aliphatic heterocycles. The van der Waals surface area contributed by atoms with E-state index in [0.717, 1.165) is 5.92 Å². The van der Waals surface area contributed by atoms with E-state index in [0.29, 0.717) is 5.41 Å². The Bertz CT molecular complexity index is 84.7. The van der Waals surface area contributed by atoms with E-state index in [4.69, 9.17) is 0 Å². The molecule has 0 fully saturated rings. The standard InChI is InChI=1S/C8H18.C3H6/c1-6-7(2)8(3,4)5;1-3-2/h7H,6H2,1-5H3;3H,1H2,2H3. The molecule has 0 rings (SSSR count). The Balaban J connectivity index is 0. The molecule has 0 heteroatoms. The lowest BCUT2D eigenvalue weighted by Gasteiger charge is -2.25. The van der Waals surface area contributed by atoms with E-state index in [1.807, 2.05) is 6.92 Å². The zero-order valence-corrected chi connectivity index (χ0v) is 9.07. The molecule has 0 radical (unpaired) electrons. The fourth-order valence-electron chi connectivity index (χ4n) is 0.612. The quantitative estimate of drug-likeness (QED) is 0.497. The average Bonchev–Trinajstić information content (AvgIpc) is 1.86. The Morgan fingerprint density at radius 1 is 1.36 bits per heavy atom. The van der Waals surface area contributed by atoms with E-state index >= 15 is 0 Å². The highest BCUT2D eigenvalue weighted by Gasteiger charge is 2.16. The van der Waals surface area contributed by atoms with Crippen LogP contribution in [0.5, 0.6) is 0 Å². The molecule has 0 nitrogen and oxygen atoms in total. The Hall–Kier alpha value is -0.260. The van der Waals surface area contributed by atoms with Crippen molar-refractivity contribution < 1.29 is 0 Å². The van der Waals surface area contributed by atoms with Crippen LogP contribution in [-0.2, 0) is 0 Å². The van der Waals surface area contributed by atoms with E-state index in [2.05, 4.69) is 41.2 Å². The second-order valence-electron chi connectivity index (χ2n) is 4.08. The molecular weight excluding hydrogens is 132 g/mol. The molecule has 0 saturated carbocycles. The summed E-state index contributed by atoms with van der Waals surface area (Å²) in [5.74, 6) is 0.850. The Labute approximate surface area is 72.7 Å². The number of hydrogen-bond acceptors (Lipinski definition) is 0. The van der Waals surface area contributed by atoms with Crippen LogP contribution in [0, 0.1) is 11.3 Å². The first kappa shape index (κ1) is 13.3. The maximum atomic E-state index is 3.36. The third-order valence-electron chi connectivity index (χ3n) is 2.09. The topological polar surface area (TPSA) is 0 Å².